The van der Waals surface area contributed by atoms with Gasteiger partial charge in [0.25, 0.3) is 0 Å². The summed E-state index contributed by atoms with van der Waals surface area (Å²) in [5.74, 6) is 0. The number of hydrogen-bond acceptors (Lipinski definition) is 3. The predicted molar refractivity (Wildman–Crippen MR) is 89.0 cm³/mol. The first-order valence-electron chi connectivity index (χ1n) is 8.54. The first kappa shape index (κ1) is 13.3. The van der Waals surface area contributed by atoms with Gasteiger partial charge in [-0.2, -0.15) is 0 Å². The zero-order valence-corrected chi connectivity index (χ0v) is 12.8. The number of rotatable bonds is 2. The summed E-state index contributed by atoms with van der Waals surface area (Å²) in [7, 11) is 0. The van der Waals surface area contributed by atoms with Gasteiger partial charge >= 0.3 is 0 Å². The molecule has 0 spiro atoms. The number of likely N-dealkylation sites (tertiary alicyclic amines) is 1. The van der Waals surface area contributed by atoms with Crippen LogP contribution in [0.1, 0.15) is 37.7 Å². The molecule has 0 bridgehead atoms. The van der Waals surface area contributed by atoms with Crippen LogP contribution in [0.3, 0.4) is 0 Å². The first-order valence-corrected chi connectivity index (χ1v) is 8.54. The molecule has 0 atom stereocenters. The van der Waals surface area contributed by atoms with Crippen molar-refractivity contribution >= 4 is 17.6 Å². The van der Waals surface area contributed by atoms with Crippen molar-refractivity contribution in [2.45, 2.75) is 44.6 Å². The Labute approximate surface area is 127 Å². The lowest BCUT2D eigenvalue weighted by Gasteiger charge is -2.41. The molecule has 3 aliphatic rings. The standard InChI is InChI=1S/C18H25N3/c1-2-10-20(11-3-1)16-7-12-21(13-8-16)17-4-5-18-15(14-17)6-9-19-18/h4-5,9,14,16H,1-3,6-8,10-13H2. The SMILES string of the molecule is C1=Nc2ccc(N3CCC(N4CCCCC4)CC3)cc2C1. The van der Waals surface area contributed by atoms with E-state index in [-0.39, 0.29) is 0 Å². The van der Waals surface area contributed by atoms with Crippen molar-refractivity contribution in [2.24, 2.45) is 4.99 Å². The van der Waals surface area contributed by atoms with Crippen molar-refractivity contribution < 1.29 is 0 Å². The minimum atomic E-state index is 0.833. The van der Waals surface area contributed by atoms with Gasteiger partial charge in [0.1, 0.15) is 0 Å². The highest BCUT2D eigenvalue weighted by molar-refractivity contribution is 5.77. The third-order valence-electron chi connectivity index (χ3n) is 5.34. The van der Waals surface area contributed by atoms with Crippen molar-refractivity contribution in [1.82, 2.24) is 4.90 Å². The predicted octanol–water partition coefficient (Wildman–Crippen LogP) is 3.40. The maximum Gasteiger partial charge on any atom is 0.0663 e. The van der Waals surface area contributed by atoms with Gasteiger partial charge in [-0.15, -0.1) is 0 Å². The van der Waals surface area contributed by atoms with Crippen LogP contribution in [0.2, 0.25) is 0 Å². The summed E-state index contributed by atoms with van der Waals surface area (Å²) >= 11 is 0. The van der Waals surface area contributed by atoms with Gasteiger partial charge in [-0.3, -0.25) is 4.99 Å². The van der Waals surface area contributed by atoms with E-state index in [1.807, 2.05) is 6.21 Å². The van der Waals surface area contributed by atoms with Gasteiger partial charge in [0.05, 0.1) is 5.69 Å². The van der Waals surface area contributed by atoms with Crippen LogP contribution >= 0.6 is 0 Å². The van der Waals surface area contributed by atoms with Crippen LogP contribution in [0.15, 0.2) is 23.2 Å². The quantitative estimate of drug-likeness (QED) is 0.828. The molecule has 0 saturated carbocycles. The highest BCUT2D eigenvalue weighted by atomic mass is 15.2. The van der Waals surface area contributed by atoms with Gasteiger partial charge in [-0.25, -0.2) is 0 Å². The molecule has 2 fully saturated rings. The molecule has 3 heterocycles. The summed E-state index contributed by atoms with van der Waals surface area (Å²) in [6.45, 7) is 5.09. The van der Waals surface area contributed by atoms with Crippen molar-refractivity contribution in [3.05, 3.63) is 23.8 Å². The fourth-order valence-corrected chi connectivity index (χ4v) is 4.07. The molecule has 4 rings (SSSR count). The Hall–Kier alpha value is -1.35. The van der Waals surface area contributed by atoms with E-state index in [4.69, 9.17) is 0 Å². The highest BCUT2D eigenvalue weighted by Crippen LogP contribution is 2.31. The third-order valence-corrected chi connectivity index (χ3v) is 5.34. The summed E-state index contributed by atoms with van der Waals surface area (Å²) in [6.07, 6.45) is 9.94. The van der Waals surface area contributed by atoms with E-state index in [1.54, 1.807) is 0 Å². The zero-order valence-electron chi connectivity index (χ0n) is 12.8. The monoisotopic (exact) mass is 283 g/mol. The van der Waals surface area contributed by atoms with Gasteiger partial charge in [0.15, 0.2) is 0 Å². The van der Waals surface area contributed by atoms with Crippen LogP contribution in [0.4, 0.5) is 11.4 Å². The Morgan fingerprint density at radius 2 is 1.76 bits per heavy atom. The molecule has 0 aliphatic carbocycles. The van der Waals surface area contributed by atoms with E-state index in [0.717, 1.165) is 12.5 Å². The fourth-order valence-electron chi connectivity index (χ4n) is 4.07. The van der Waals surface area contributed by atoms with E-state index >= 15 is 0 Å². The largest absolute Gasteiger partial charge is 0.371 e. The maximum atomic E-state index is 4.41. The molecule has 112 valence electrons. The van der Waals surface area contributed by atoms with Gasteiger partial charge in [0.2, 0.25) is 0 Å². The second-order valence-electron chi connectivity index (χ2n) is 6.64. The maximum absolute atomic E-state index is 4.41. The van der Waals surface area contributed by atoms with Gasteiger partial charge in [0, 0.05) is 37.5 Å². The molecule has 1 aromatic carbocycles. The zero-order chi connectivity index (χ0) is 14.1. The molecule has 3 heteroatoms. The normalized spacial score (nSPS) is 23.5. The third kappa shape index (κ3) is 2.71. The Morgan fingerprint density at radius 1 is 0.952 bits per heavy atom. The van der Waals surface area contributed by atoms with Crippen LogP contribution in [0, 0.1) is 0 Å². The summed E-state index contributed by atoms with van der Waals surface area (Å²) in [6, 6.07) is 7.62. The smallest absolute Gasteiger partial charge is 0.0663 e. The van der Waals surface area contributed by atoms with Gasteiger partial charge in [-0.05, 0) is 62.5 Å². The summed E-state index contributed by atoms with van der Waals surface area (Å²) in [5.41, 5.74) is 3.96. The molecular formula is C18H25N3. The second-order valence-corrected chi connectivity index (χ2v) is 6.64. The van der Waals surface area contributed by atoms with Crippen LogP contribution in [0.25, 0.3) is 0 Å². The number of benzene rings is 1. The number of aliphatic imine (C=N–C) groups is 1. The van der Waals surface area contributed by atoms with Crippen LogP contribution < -0.4 is 4.90 Å². The molecule has 21 heavy (non-hydrogen) atoms. The first-order chi connectivity index (χ1) is 10.4. The molecule has 0 radical (unpaired) electrons. The molecule has 2 saturated heterocycles. The second kappa shape index (κ2) is 5.80. The summed E-state index contributed by atoms with van der Waals surface area (Å²) in [5, 5.41) is 0. The topological polar surface area (TPSA) is 18.8 Å². The number of hydrogen-bond donors (Lipinski definition) is 0. The number of piperidine rings is 2. The van der Waals surface area contributed by atoms with E-state index in [0.29, 0.717) is 0 Å². The lowest BCUT2D eigenvalue weighted by atomic mass is 9.99. The molecule has 3 nitrogen and oxygen atoms in total. The number of nitrogens with zero attached hydrogens (tertiary/aromatic N) is 3. The Bertz CT molecular complexity index is 523. The molecule has 0 amide bonds. The molecule has 0 N–H and O–H groups in total. The number of fused-ring (bicyclic) bond motifs is 1. The van der Waals surface area contributed by atoms with Gasteiger partial charge in [-0.1, -0.05) is 6.42 Å². The lowest BCUT2D eigenvalue weighted by Crippen LogP contribution is -2.46. The Morgan fingerprint density at radius 3 is 2.57 bits per heavy atom. The minimum Gasteiger partial charge on any atom is -0.371 e. The van der Waals surface area contributed by atoms with Crippen molar-refractivity contribution in [1.29, 1.82) is 0 Å². The van der Waals surface area contributed by atoms with E-state index in [9.17, 15) is 0 Å². The van der Waals surface area contributed by atoms with Crippen LogP contribution in [-0.4, -0.2) is 43.3 Å². The Kier molecular flexibility index (Phi) is 3.68. The van der Waals surface area contributed by atoms with Crippen LogP contribution in [-0.2, 0) is 6.42 Å². The molecule has 3 aliphatic heterocycles. The molecular weight excluding hydrogens is 258 g/mol. The average Bonchev–Trinajstić information content (AvgIpc) is 3.03. The lowest BCUT2D eigenvalue weighted by molar-refractivity contribution is 0.141. The van der Waals surface area contributed by atoms with Gasteiger partial charge < -0.3 is 9.80 Å². The number of anilines is 1. The van der Waals surface area contributed by atoms with Crippen LogP contribution in [0.5, 0.6) is 0 Å². The van der Waals surface area contributed by atoms with E-state index in [1.165, 1.54) is 75.2 Å². The Balaban J connectivity index is 1.38. The van der Waals surface area contributed by atoms with Crippen molar-refractivity contribution in [2.75, 3.05) is 31.1 Å². The highest BCUT2D eigenvalue weighted by Gasteiger charge is 2.25. The van der Waals surface area contributed by atoms with E-state index < -0.39 is 0 Å². The average molecular weight is 283 g/mol. The van der Waals surface area contributed by atoms with Crippen molar-refractivity contribution in [3.8, 4) is 0 Å². The summed E-state index contributed by atoms with van der Waals surface area (Å²) in [4.78, 5) is 9.72. The fraction of sp³-hybridized carbons (Fsp3) is 0.611. The molecule has 1 aromatic rings. The molecule has 0 unspecified atom stereocenters. The van der Waals surface area contributed by atoms with Crippen molar-refractivity contribution in [3.63, 3.8) is 0 Å². The van der Waals surface area contributed by atoms with E-state index in [2.05, 4.69) is 33.0 Å². The summed E-state index contributed by atoms with van der Waals surface area (Å²) < 4.78 is 0. The minimum absolute atomic E-state index is 0.833. The molecule has 0 aromatic heterocycles.